The van der Waals surface area contributed by atoms with Crippen LogP contribution in [0.25, 0.3) is 0 Å². The Balaban J connectivity index is 2.75. The Morgan fingerprint density at radius 2 is 2.08 bits per heavy atom. The van der Waals surface area contributed by atoms with Crippen LogP contribution >= 0.6 is 11.3 Å². The normalized spacial score (nSPS) is 12.2. The lowest BCUT2D eigenvalue weighted by atomic mass is 10.4. The van der Waals surface area contributed by atoms with Gasteiger partial charge in [0.05, 0.1) is 0 Å². The molecule has 0 saturated heterocycles. The van der Waals surface area contributed by atoms with Gasteiger partial charge in [0.2, 0.25) is 0 Å². The molecular formula is C7H9F3N2S. The van der Waals surface area contributed by atoms with Crippen molar-refractivity contribution in [3.63, 3.8) is 0 Å². The van der Waals surface area contributed by atoms with Crippen LogP contribution in [0.5, 0.6) is 0 Å². The highest BCUT2D eigenvalue weighted by atomic mass is 32.1. The van der Waals surface area contributed by atoms with Crippen LogP contribution < -0.4 is 5.32 Å². The van der Waals surface area contributed by atoms with Crippen LogP contribution in [-0.2, 0) is 6.18 Å². The molecule has 0 spiro atoms. The van der Waals surface area contributed by atoms with Gasteiger partial charge < -0.3 is 5.32 Å². The van der Waals surface area contributed by atoms with E-state index in [-0.39, 0.29) is 6.04 Å². The molecule has 1 heterocycles. The molecule has 0 bridgehead atoms. The summed E-state index contributed by atoms with van der Waals surface area (Å²) in [5.41, 5.74) is -0.833. The number of hydrogen-bond acceptors (Lipinski definition) is 3. The second-order valence-corrected chi connectivity index (χ2v) is 3.69. The second kappa shape index (κ2) is 3.53. The molecule has 1 aromatic heterocycles. The predicted molar refractivity (Wildman–Crippen MR) is 45.9 cm³/mol. The second-order valence-electron chi connectivity index (χ2n) is 2.83. The van der Waals surface area contributed by atoms with E-state index < -0.39 is 11.9 Å². The number of alkyl halides is 3. The van der Waals surface area contributed by atoms with E-state index in [2.05, 4.69) is 10.3 Å². The lowest BCUT2D eigenvalue weighted by Crippen LogP contribution is -2.10. The molecule has 0 aromatic carbocycles. The van der Waals surface area contributed by atoms with Crippen molar-refractivity contribution in [3.8, 4) is 0 Å². The summed E-state index contributed by atoms with van der Waals surface area (Å²) in [7, 11) is 0. The Labute approximate surface area is 77.8 Å². The van der Waals surface area contributed by atoms with E-state index >= 15 is 0 Å². The Bertz CT molecular complexity index is 280. The zero-order valence-corrected chi connectivity index (χ0v) is 7.96. The number of thiazole rings is 1. The van der Waals surface area contributed by atoms with Crippen molar-refractivity contribution in [1.29, 1.82) is 0 Å². The van der Waals surface area contributed by atoms with Gasteiger partial charge in [-0.2, -0.15) is 13.2 Å². The Morgan fingerprint density at radius 3 is 2.46 bits per heavy atom. The summed E-state index contributed by atoms with van der Waals surface area (Å²) in [5, 5.41) is 4.12. The molecule has 0 amide bonds. The maximum Gasteiger partial charge on any atom is 0.434 e. The van der Waals surface area contributed by atoms with Crippen LogP contribution in [0.15, 0.2) is 5.38 Å². The van der Waals surface area contributed by atoms with Crippen molar-refractivity contribution >= 4 is 16.5 Å². The molecule has 0 aliphatic rings. The monoisotopic (exact) mass is 210 g/mol. The first-order chi connectivity index (χ1) is 5.89. The molecule has 0 saturated carbocycles. The van der Waals surface area contributed by atoms with E-state index in [0.29, 0.717) is 5.13 Å². The van der Waals surface area contributed by atoms with Gasteiger partial charge in [0.25, 0.3) is 0 Å². The average Bonchev–Trinajstić information content (AvgIpc) is 2.32. The van der Waals surface area contributed by atoms with E-state index in [0.717, 1.165) is 16.7 Å². The van der Waals surface area contributed by atoms with Gasteiger partial charge in [0.15, 0.2) is 10.8 Å². The van der Waals surface area contributed by atoms with Crippen molar-refractivity contribution in [2.24, 2.45) is 0 Å². The third-order valence-electron chi connectivity index (χ3n) is 1.21. The Morgan fingerprint density at radius 1 is 1.46 bits per heavy atom. The van der Waals surface area contributed by atoms with Crippen molar-refractivity contribution < 1.29 is 13.2 Å². The molecule has 74 valence electrons. The summed E-state index contributed by atoms with van der Waals surface area (Å²) < 4.78 is 36.2. The summed E-state index contributed by atoms with van der Waals surface area (Å²) in [6.07, 6.45) is -4.34. The number of hydrogen-bond donors (Lipinski definition) is 1. The lowest BCUT2D eigenvalue weighted by Gasteiger charge is -2.05. The Hall–Kier alpha value is -0.780. The van der Waals surface area contributed by atoms with Crippen molar-refractivity contribution in [2.45, 2.75) is 26.1 Å². The van der Waals surface area contributed by atoms with Crippen LogP contribution in [0.3, 0.4) is 0 Å². The molecule has 2 nitrogen and oxygen atoms in total. The zero-order valence-electron chi connectivity index (χ0n) is 7.14. The van der Waals surface area contributed by atoms with Crippen LogP contribution in [0.1, 0.15) is 19.5 Å². The molecule has 0 radical (unpaired) electrons. The Kier molecular flexibility index (Phi) is 2.80. The molecule has 0 unspecified atom stereocenters. The van der Waals surface area contributed by atoms with E-state index in [1.165, 1.54) is 0 Å². The molecule has 1 rings (SSSR count). The summed E-state index contributed by atoms with van der Waals surface area (Å²) in [5.74, 6) is 0. The highest BCUT2D eigenvalue weighted by molar-refractivity contribution is 7.13. The molecule has 0 aliphatic carbocycles. The topological polar surface area (TPSA) is 24.9 Å². The number of nitrogens with zero attached hydrogens (tertiary/aromatic N) is 1. The largest absolute Gasteiger partial charge is 0.434 e. The first kappa shape index (κ1) is 10.3. The number of anilines is 1. The molecule has 1 aromatic rings. The van der Waals surface area contributed by atoms with Crippen LogP contribution in [0.4, 0.5) is 18.3 Å². The number of rotatable bonds is 2. The van der Waals surface area contributed by atoms with Gasteiger partial charge in [-0.15, -0.1) is 11.3 Å². The first-order valence-corrected chi connectivity index (χ1v) is 4.57. The van der Waals surface area contributed by atoms with Gasteiger partial charge in [-0.3, -0.25) is 0 Å². The van der Waals surface area contributed by atoms with Gasteiger partial charge in [-0.1, -0.05) is 0 Å². The number of halogens is 3. The van der Waals surface area contributed by atoms with Crippen molar-refractivity contribution in [1.82, 2.24) is 4.98 Å². The van der Waals surface area contributed by atoms with Gasteiger partial charge >= 0.3 is 6.18 Å². The summed E-state index contributed by atoms with van der Waals surface area (Å²) in [6, 6.07) is 0.0900. The van der Waals surface area contributed by atoms with E-state index in [4.69, 9.17) is 0 Å². The fraction of sp³-hybridized carbons (Fsp3) is 0.571. The van der Waals surface area contributed by atoms with Gasteiger partial charge in [0.1, 0.15) is 0 Å². The summed E-state index contributed by atoms with van der Waals surface area (Å²) >= 11 is 0.963. The lowest BCUT2D eigenvalue weighted by molar-refractivity contribution is -0.140. The van der Waals surface area contributed by atoms with E-state index in [9.17, 15) is 13.2 Å². The molecular weight excluding hydrogens is 201 g/mol. The molecule has 1 N–H and O–H groups in total. The molecule has 0 aliphatic heterocycles. The zero-order chi connectivity index (χ0) is 10.1. The minimum atomic E-state index is -4.34. The number of nitrogens with one attached hydrogen (secondary N) is 1. The third kappa shape index (κ3) is 2.87. The summed E-state index contributed by atoms with van der Waals surface area (Å²) in [4.78, 5) is 3.40. The van der Waals surface area contributed by atoms with Gasteiger partial charge in [-0.25, -0.2) is 4.98 Å². The average molecular weight is 210 g/mol. The SMILES string of the molecule is CC(C)Nc1nc(C(F)(F)F)cs1. The standard InChI is InChI=1S/C7H9F3N2S/c1-4(2)11-6-12-5(3-13-6)7(8,9)10/h3-4H,1-2H3,(H,11,12). The van der Waals surface area contributed by atoms with E-state index in [1.54, 1.807) is 0 Å². The van der Waals surface area contributed by atoms with Crippen molar-refractivity contribution in [3.05, 3.63) is 11.1 Å². The van der Waals surface area contributed by atoms with Crippen LogP contribution in [0.2, 0.25) is 0 Å². The quantitative estimate of drug-likeness (QED) is 0.811. The smallest absolute Gasteiger partial charge is 0.359 e. The van der Waals surface area contributed by atoms with Crippen LogP contribution in [-0.4, -0.2) is 11.0 Å². The molecule has 13 heavy (non-hydrogen) atoms. The fourth-order valence-corrected chi connectivity index (χ4v) is 1.58. The first-order valence-electron chi connectivity index (χ1n) is 3.69. The van der Waals surface area contributed by atoms with Gasteiger partial charge in [0, 0.05) is 11.4 Å². The van der Waals surface area contributed by atoms with Gasteiger partial charge in [-0.05, 0) is 13.8 Å². The maximum absolute atomic E-state index is 12.1. The predicted octanol–water partition coefficient (Wildman–Crippen LogP) is 2.98. The van der Waals surface area contributed by atoms with Crippen LogP contribution in [0, 0.1) is 0 Å². The maximum atomic E-state index is 12.1. The third-order valence-corrected chi connectivity index (χ3v) is 1.98. The summed E-state index contributed by atoms with van der Waals surface area (Å²) in [6.45, 7) is 3.68. The number of aromatic nitrogens is 1. The molecule has 0 fully saturated rings. The minimum absolute atomic E-state index is 0.0900. The minimum Gasteiger partial charge on any atom is -0.359 e. The fourth-order valence-electron chi connectivity index (χ4n) is 0.717. The highest BCUT2D eigenvalue weighted by Crippen LogP contribution is 2.31. The molecule has 6 heteroatoms. The highest BCUT2D eigenvalue weighted by Gasteiger charge is 2.33. The van der Waals surface area contributed by atoms with E-state index in [1.807, 2.05) is 13.8 Å². The van der Waals surface area contributed by atoms with Crippen molar-refractivity contribution in [2.75, 3.05) is 5.32 Å². The molecule has 0 atom stereocenters.